The third-order valence-electron chi connectivity index (χ3n) is 3.61. The fraction of sp³-hybridized carbons (Fsp3) is 0.158. The van der Waals surface area contributed by atoms with Crippen LogP contribution in [0.3, 0.4) is 0 Å². The van der Waals surface area contributed by atoms with Crippen LogP contribution in [0.15, 0.2) is 70.3 Å². The van der Waals surface area contributed by atoms with Crippen molar-refractivity contribution in [2.45, 2.75) is 13.1 Å². The van der Waals surface area contributed by atoms with E-state index in [1.807, 2.05) is 30.3 Å². The first-order chi connectivity index (χ1) is 12.2. The van der Waals surface area contributed by atoms with Gasteiger partial charge < -0.3 is 15.1 Å². The summed E-state index contributed by atoms with van der Waals surface area (Å²) in [6.45, 7) is 1.04. The first kappa shape index (κ1) is 19.9. The molecule has 1 aromatic heterocycles. The van der Waals surface area contributed by atoms with E-state index in [1.165, 1.54) is 12.1 Å². The maximum Gasteiger partial charge on any atom is 0.226 e. The predicted molar refractivity (Wildman–Crippen MR) is 111 cm³/mol. The number of halogens is 2. The molecule has 26 heavy (non-hydrogen) atoms. The van der Waals surface area contributed by atoms with Crippen molar-refractivity contribution in [2.24, 2.45) is 4.99 Å². The van der Waals surface area contributed by atoms with Gasteiger partial charge in [-0.2, -0.15) is 0 Å². The summed E-state index contributed by atoms with van der Waals surface area (Å²) in [5.41, 5.74) is 2.69. The molecule has 0 atom stereocenters. The highest BCUT2D eigenvalue weighted by atomic mass is 127. The molecule has 2 N–H and O–H groups in total. The molecule has 2 aromatic carbocycles. The summed E-state index contributed by atoms with van der Waals surface area (Å²) < 4.78 is 18.4. The van der Waals surface area contributed by atoms with Gasteiger partial charge in [0.25, 0.3) is 0 Å². The van der Waals surface area contributed by atoms with Gasteiger partial charge in [0.2, 0.25) is 5.89 Å². The highest BCUT2D eigenvalue weighted by Gasteiger charge is 2.07. The van der Waals surface area contributed by atoms with Crippen LogP contribution in [0.2, 0.25) is 0 Å². The van der Waals surface area contributed by atoms with Gasteiger partial charge in [-0.05, 0) is 29.8 Å². The quantitative estimate of drug-likeness (QED) is 0.340. The summed E-state index contributed by atoms with van der Waals surface area (Å²) in [4.78, 5) is 8.62. The Morgan fingerprint density at radius 2 is 1.73 bits per heavy atom. The first-order valence-corrected chi connectivity index (χ1v) is 7.93. The monoisotopic (exact) mass is 466 g/mol. The lowest BCUT2D eigenvalue weighted by atomic mass is 10.2. The molecular weight excluding hydrogens is 446 g/mol. The van der Waals surface area contributed by atoms with Crippen LogP contribution >= 0.6 is 24.0 Å². The highest BCUT2D eigenvalue weighted by molar-refractivity contribution is 14.0. The number of hydrogen-bond acceptors (Lipinski definition) is 3. The molecular formula is C19H20FIN4O. The van der Waals surface area contributed by atoms with E-state index in [9.17, 15) is 4.39 Å². The summed E-state index contributed by atoms with van der Waals surface area (Å²) in [6.07, 6.45) is 1.63. The van der Waals surface area contributed by atoms with Gasteiger partial charge in [0.15, 0.2) is 5.96 Å². The average Bonchev–Trinajstić information content (AvgIpc) is 3.13. The van der Waals surface area contributed by atoms with Crippen LogP contribution in [0.1, 0.15) is 11.3 Å². The summed E-state index contributed by atoms with van der Waals surface area (Å²) in [7, 11) is 1.69. The maximum atomic E-state index is 12.9. The second kappa shape index (κ2) is 9.91. The Bertz CT molecular complexity index is 834. The van der Waals surface area contributed by atoms with Gasteiger partial charge in [0.1, 0.15) is 12.1 Å². The SMILES string of the molecule is CN=C(NCc1ccc(F)cc1)NCc1coc(-c2ccccc2)n1.I. The molecule has 0 bridgehead atoms. The molecule has 0 amide bonds. The van der Waals surface area contributed by atoms with E-state index in [4.69, 9.17) is 4.42 Å². The minimum atomic E-state index is -0.244. The fourth-order valence-electron chi connectivity index (χ4n) is 2.28. The van der Waals surface area contributed by atoms with E-state index >= 15 is 0 Å². The van der Waals surface area contributed by atoms with Crippen molar-refractivity contribution in [2.75, 3.05) is 7.05 Å². The molecule has 0 aliphatic carbocycles. The maximum absolute atomic E-state index is 12.9. The highest BCUT2D eigenvalue weighted by Crippen LogP contribution is 2.17. The van der Waals surface area contributed by atoms with E-state index in [-0.39, 0.29) is 29.8 Å². The van der Waals surface area contributed by atoms with Crippen molar-refractivity contribution in [3.8, 4) is 11.5 Å². The molecule has 0 saturated heterocycles. The van der Waals surface area contributed by atoms with E-state index in [1.54, 1.807) is 25.4 Å². The van der Waals surface area contributed by atoms with Gasteiger partial charge in [-0.3, -0.25) is 4.99 Å². The van der Waals surface area contributed by atoms with Crippen LogP contribution < -0.4 is 10.6 Å². The van der Waals surface area contributed by atoms with E-state index in [0.717, 1.165) is 16.8 Å². The molecule has 3 aromatic rings. The second-order valence-corrected chi connectivity index (χ2v) is 5.42. The Morgan fingerprint density at radius 1 is 1.04 bits per heavy atom. The zero-order valence-electron chi connectivity index (χ0n) is 14.3. The number of rotatable bonds is 5. The number of aliphatic imine (C=N–C) groups is 1. The van der Waals surface area contributed by atoms with Crippen LogP contribution in [-0.4, -0.2) is 18.0 Å². The average molecular weight is 466 g/mol. The lowest BCUT2D eigenvalue weighted by Crippen LogP contribution is -2.36. The van der Waals surface area contributed by atoms with Crippen molar-refractivity contribution >= 4 is 29.9 Å². The largest absolute Gasteiger partial charge is 0.444 e. The Kier molecular flexibility index (Phi) is 7.58. The van der Waals surface area contributed by atoms with Crippen LogP contribution in [-0.2, 0) is 13.1 Å². The smallest absolute Gasteiger partial charge is 0.226 e. The normalized spacial score (nSPS) is 10.9. The molecule has 0 spiro atoms. The van der Waals surface area contributed by atoms with Crippen LogP contribution in [0.5, 0.6) is 0 Å². The van der Waals surface area contributed by atoms with Gasteiger partial charge in [-0.1, -0.05) is 30.3 Å². The molecule has 7 heteroatoms. The molecule has 0 aliphatic rings. The number of nitrogens with one attached hydrogen (secondary N) is 2. The molecule has 0 unspecified atom stereocenters. The Morgan fingerprint density at radius 3 is 2.42 bits per heavy atom. The topological polar surface area (TPSA) is 62.5 Å². The van der Waals surface area contributed by atoms with E-state index in [2.05, 4.69) is 20.6 Å². The van der Waals surface area contributed by atoms with Crippen molar-refractivity contribution in [3.05, 3.63) is 77.9 Å². The Balaban J connectivity index is 0.00000243. The summed E-state index contributed by atoms with van der Waals surface area (Å²) in [6, 6.07) is 16.1. The minimum Gasteiger partial charge on any atom is -0.444 e. The van der Waals surface area contributed by atoms with Crippen molar-refractivity contribution in [1.29, 1.82) is 0 Å². The number of benzene rings is 2. The first-order valence-electron chi connectivity index (χ1n) is 7.93. The zero-order chi connectivity index (χ0) is 17.5. The summed E-state index contributed by atoms with van der Waals surface area (Å²) in [5.74, 6) is 0.978. The number of aromatic nitrogens is 1. The summed E-state index contributed by atoms with van der Waals surface area (Å²) in [5, 5.41) is 6.35. The number of guanidine groups is 1. The third kappa shape index (κ3) is 5.55. The molecule has 1 heterocycles. The minimum absolute atomic E-state index is 0. The van der Waals surface area contributed by atoms with Crippen LogP contribution in [0.4, 0.5) is 4.39 Å². The number of oxazole rings is 1. The third-order valence-corrected chi connectivity index (χ3v) is 3.61. The number of nitrogens with zero attached hydrogens (tertiary/aromatic N) is 2. The van der Waals surface area contributed by atoms with E-state index in [0.29, 0.717) is 24.9 Å². The zero-order valence-corrected chi connectivity index (χ0v) is 16.6. The van der Waals surface area contributed by atoms with Crippen molar-refractivity contribution in [3.63, 3.8) is 0 Å². The van der Waals surface area contributed by atoms with E-state index < -0.39 is 0 Å². The van der Waals surface area contributed by atoms with Gasteiger partial charge in [0.05, 0.1) is 12.2 Å². The molecule has 0 saturated carbocycles. The molecule has 3 rings (SSSR count). The molecule has 0 radical (unpaired) electrons. The lowest BCUT2D eigenvalue weighted by Gasteiger charge is -2.10. The number of hydrogen-bond donors (Lipinski definition) is 2. The fourth-order valence-corrected chi connectivity index (χ4v) is 2.28. The molecule has 0 aliphatic heterocycles. The molecule has 0 fully saturated rings. The molecule has 5 nitrogen and oxygen atoms in total. The van der Waals surface area contributed by atoms with Crippen molar-refractivity contribution in [1.82, 2.24) is 15.6 Å². The van der Waals surface area contributed by atoms with Gasteiger partial charge in [-0.25, -0.2) is 9.37 Å². The van der Waals surface area contributed by atoms with Crippen LogP contribution in [0.25, 0.3) is 11.5 Å². The second-order valence-electron chi connectivity index (χ2n) is 5.42. The van der Waals surface area contributed by atoms with Gasteiger partial charge in [-0.15, -0.1) is 24.0 Å². The lowest BCUT2D eigenvalue weighted by molar-refractivity contribution is 0.572. The predicted octanol–water partition coefficient (Wildman–Crippen LogP) is 3.96. The van der Waals surface area contributed by atoms with Crippen LogP contribution in [0, 0.1) is 5.82 Å². The van der Waals surface area contributed by atoms with Gasteiger partial charge in [0, 0.05) is 19.2 Å². The van der Waals surface area contributed by atoms with Crippen molar-refractivity contribution < 1.29 is 8.81 Å². The standard InChI is InChI=1S/C19H19FN4O.HI/c1-21-19(22-11-14-7-9-16(20)10-8-14)23-12-17-13-25-18(24-17)15-5-3-2-4-6-15;/h2-10,13H,11-12H2,1H3,(H2,21,22,23);1H. The van der Waals surface area contributed by atoms with Gasteiger partial charge >= 0.3 is 0 Å². The summed E-state index contributed by atoms with van der Waals surface area (Å²) >= 11 is 0. The Hall–Kier alpha value is -2.42. The molecule has 136 valence electrons. The Labute approximate surface area is 168 Å².